The van der Waals surface area contributed by atoms with Crippen molar-refractivity contribution in [1.29, 1.82) is 0 Å². The van der Waals surface area contributed by atoms with E-state index in [0.717, 1.165) is 0 Å². The van der Waals surface area contributed by atoms with Gasteiger partial charge in [-0.1, -0.05) is 23.4 Å². The van der Waals surface area contributed by atoms with Gasteiger partial charge in [0.05, 0.1) is 21.3 Å². The van der Waals surface area contributed by atoms with Crippen LogP contribution in [-0.2, 0) is 15.2 Å². The van der Waals surface area contributed by atoms with E-state index in [1.807, 2.05) is 6.07 Å². The number of nitrogens with zero attached hydrogens (tertiary/aromatic N) is 1. The van der Waals surface area contributed by atoms with Gasteiger partial charge >= 0.3 is 0 Å². The van der Waals surface area contributed by atoms with Gasteiger partial charge in [-0.3, -0.25) is 9.59 Å². The molecule has 1 N–H and O–H groups in total. The first-order chi connectivity index (χ1) is 16.5. The van der Waals surface area contributed by atoms with Gasteiger partial charge in [0.25, 0.3) is 11.5 Å². The molecule has 2 aliphatic rings. The number of Topliss-reactive ketones (excluding diaryl/α,β-unsaturated/α-hetero) is 1. The molecule has 8 nitrogen and oxygen atoms in total. The lowest BCUT2D eigenvalue weighted by molar-refractivity contribution is -0.140. The molecule has 1 amide bonds. The maximum Gasteiger partial charge on any atom is 0.277 e. The average Bonchev–Trinajstić information content (AvgIpc) is 3.42. The second-order valence-corrected chi connectivity index (χ2v) is 7.90. The van der Waals surface area contributed by atoms with Crippen molar-refractivity contribution in [2.45, 2.75) is 5.60 Å². The topological polar surface area (TPSA) is 95.5 Å². The maximum absolute atomic E-state index is 14.0. The normalized spacial score (nSPS) is 20.3. The van der Waals surface area contributed by atoms with Gasteiger partial charge in [-0.25, -0.2) is 0 Å². The van der Waals surface area contributed by atoms with Crippen LogP contribution in [0.4, 0.5) is 5.69 Å². The Bertz CT molecular complexity index is 1320. The van der Waals surface area contributed by atoms with E-state index >= 15 is 0 Å². The fourth-order valence-corrected chi connectivity index (χ4v) is 4.50. The number of nitrogens with one attached hydrogen (secondary N) is 1. The highest BCUT2D eigenvalue weighted by Gasteiger charge is 2.63. The van der Waals surface area contributed by atoms with Gasteiger partial charge in [0.2, 0.25) is 0 Å². The fraction of sp³-hybridized carbons (Fsp3) is 0.192. The number of anilines is 1. The van der Waals surface area contributed by atoms with Crippen LogP contribution in [0, 0.1) is 5.92 Å². The number of rotatable bonds is 6. The first-order valence-corrected chi connectivity index (χ1v) is 10.6. The van der Waals surface area contributed by atoms with E-state index in [2.05, 4.69) is 10.5 Å². The van der Waals surface area contributed by atoms with Crippen molar-refractivity contribution in [3.05, 3.63) is 83.4 Å². The number of hydrogen-bond acceptors (Lipinski definition) is 7. The van der Waals surface area contributed by atoms with Gasteiger partial charge in [-0.05, 0) is 48.5 Å². The Morgan fingerprint density at radius 3 is 2.38 bits per heavy atom. The van der Waals surface area contributed by atoms with Gasteiger partial charge < -0.3 is 24.4 Å². The van der Waals surface area contributed by atoms with Crippen molar-refractivity contribution < 1.29 is 28.6 Å². The number of oxime groups is 1. The van der Waals surface area contributed by atoms with Gasteiger partial charge in [0.15, 0.2) is 17.3 Å². The van der Waals surface area contributed by atoms with Crippen LogP contribution in [0.5, 0.6) is 17.2 Å². The van der Waals surface area contributed by atoms with Crippen LogP contribution in [0.1, 0.15) is 21.5 Å². The maximum atomic E-state index is 14.0. The quantitative estimate of drug-likeness (QED) is 0.565. The molecule has 3 aromatic rings. The molecule has 8 heteroatoms. The summed E-state index contributed by atoms with van der Waals surface area (Å²) in [6, 6.07) is 19.1. The highest BCUT2D eigenvalue weighted by Crippen LogP contribution is 2.50. The first kappa shape index (κ1) is 21.5. The van der Waals surface area contributed by atoms with E-state index in [-0.39, 0.29) is 5.78 Å². The summed E-state index contributed by atoms with van der Waals surface area (Å²) >= 11 is 0. The smallest absolute Gasteiger partial charge is 0.277 e. The molecule has 0 saturated carbocycles. The molecular formula is C26H22N2O6. The second-order valence-electron chi connectivity index (χ2n) is 7.90. The highest BCUT2D eigenvalue weighted by atomic mass is 16.7. The van der Waals surface area contributed by atoms with Crippen LogP contribution in [0.3, 0.4) is 0 Å². The molecule has 5 rings (SSSR count). The SMILES string of the molecule is COc1ccc(C(=O)C2C(c3ccc(OC)c(OC)c3)=NOC23C(=O)Nc2ccccc23)cc1. The number of benzene rings is 3. The average molecular weight is 458 g/mol. The Hall–Kier alpha value is -4.33. The van der Waals surface area contributed by atoms with E-state index in [9.17, 15) is 9.59 Å². The molecule has 2 atom stereocenters. The summed E-state index contributed by atoms with van der Waals surface area (Å²) in [4.78, 5) is 33.3. The molecule has 3 aromatic carbocycles. The van der Waals surface area contributed by atoms with Crippen LogP contribution in [0.15, 0.2) is 71.9 Å². The second kappa shape index (κ2) is 8.22. The summed E-state index contributed by atoms with van der Waals surface area (Å²) in [5.41, 5.74) is 0.832. The van der Waals surface area contributed by atoms with Crippen molar-refractivity contribution in [2.24, 2.45) is 11.1 Å². The van der Waals surface area contributed by atoms with E-state index in [4.69, 9.17) is 19.0 Å². The molecule has 0 saturated heterocycles. The molecule has 0 radical (unpaired) electrons. The predicted molar refractivity (Wildman–Crippen MR) is 125 cm³/mol. The Morgan fingerprint density at radius 2 is 1.68 bits per heavy atom. The molecule has 0 aliphatic carbocycles. The zero-order chi connectivity index (χ0) is 23.9. The number of para-hydroxylation sites is 1. The van der Waals surface area contributed by atoms with Gasteiger partial charge in [-0.15, -0.1) is 0 Å². The molecule has 1 spiro atoms. The van der Waals surface area contributed by atoms with Crippen LogP contribution >= 0.6 is 0 Å². The number of hydrogen-bond donors (Lipinski definition) is 1. The third kappa shape index (κ3) is 3.10. The van der Waals surface area contributed by atoms with Crippen LogP contribution in [-0.4, -0.2) is 38.7 Å². The minimum atomic E-state index is -1.63. The van der Waals surface area contributed by atoms with Crippen molar-refractivity contribution in [3.8, 4) is 17.2 Å². The predicted octanol–water partition coefficient (Wildman–Crippen LogP) is 3.79. The minimum absolute atomic E-state index is 0.305. The van der Waals surface area contributed by atoms with E-state index in [1.165, 1.54) is 7.11 Å². The number of carbonyl (C=O) groups excluding carboxylic acids is 2. The lowest BCUT2D eigenvalue weighted by atomic mass is 9.74. The van der Waals surface area contributed by atoms with Gasteiger partial charge in [0, 0.05) is 22.4 Å². The number of carbonyl (C=O) groups is 2. The Morgan fingerprint density at radius 1 is 0.941 bits per heavy atom. The Balaban J connectivity index is 1.67. The Labute approximate surface area is 196 Å². The standard InChI is InChI=1S/C26H22N2O6/c1-31-17-11-8-15(9-12-17)24(29)22-23(16-10-13-20(32-2)21(14-16)33-3)28-34-26(22)18-6-4-5-7-19(18)27-25(26)30/h4-14,22H,1-3H3,(H,27,30). The summed E-state index contributed by atoms with van der Waals surface area (Å²) in [6.45, 7) is 0. The third-order valence-corrected chi connectivity index (χ3v) is 6.20. The summed E-state index contributed by atoms with van der Waals surface area (Å²) in [5.74, 6) is -0.173. The van der Waals surface area contributed by atoms with Crippen molar-refractivity contribution in [3.63, 3.8) is 0 Å². The lowest BCUT2D eigenvalue weighted by Crippen LogP contribution is -2.46. The van der Waals surface area contributed by atoms with Crippen molar-refractivity contribution >= 4 is 23.1 Å². The molecule has 172 valence electrons. The largest absolute Gasteiger partial charge is 0.497 e. The molecule has 0 fully saturated rings. The number of fused-ring (bicyclic) bond motifs is 2. The lowest BCUT2D eigenvalue weighted by Gasteiger charge is -2.26. The van der Waals surface area contributed by atoms with Gasteiger partial charge in [0.1, 0.15) is 17.4 Å². The van der Waals surface area contributed by atoms with Crippen LogP contribution < -0.4 is 19.5 Å². The first-order valence-electron chi connectivity index (χ1n) is 10.6. The zero-order valence-electron chi connectivity index (χ0n) is 18.8. The summed E-state index contributed by atoms with van der Waals surface area (Å²) in [5, 5.41) is 7.14. The number of ketones is 1. The zero-order valence-corrected chi connectivity index (χ0v) is 18.8. The van der Waals surface area contributed by atoms with Crippen LogP contribution in [0.2, 0.25) is 0 Å². The monoisotopic (exact) mass is 458 g/mol. The van der Waals surface area contributed by atoms with E-state index in [0.29, 0.717) is 45.3 Å². The number of methoxy groups -OCH3 is 3. The molecule has 0 bridgehead atoms. The van der Waals surface area contributed by atoms with E-state index in [1.54, 1.807) is 74.9 Å². The summed E-state index contributed by atoms with van der Waals surface area (Å²) in [7, 11) is 4.62. The third-order valence-electron chi connectivity index (χ3n) is 6.20. The highest BCUT2D eigenvalue weighted by molar-refractivity contribution is 6.24. The Kier molecular flexibility index (Phi) is 5.20. The summed E-state index contributed by atoms with van der Waals surface area (Å²) < 4.78 is 16.0. The molecular weight excluding hydrogens is 436 g/mol. The molecule has 34 heavy (non-hydrogen) atoms. The minimum Gasteiger partial charge on any atom is -0.497 e. The van der Waals surface area contributed by atoms with E-state index < -0.39 is 17.4 Å². The molecule has 2 unspecified atom stereocenters. The van der Waals surface area contributed by atoms with Gasteiger partial charge in [-0.2, -0.15) is 0 Å². The molecule has 2 heterocycles. The number of amides is 1. The summed E-state index contributed by atoms with van der Waals surface area (Å²) in [6.07, 6.45) is 0. The van der Waals surface area contributed by atoms with Crippen molar-refractivity contribution in [1.82, 2.24) is 0 Å². The molecule has 2 aliphatic heterocycles. The van der Waals surface area contributed by atoms with Crippen molar-refractivity contribution in [2.75, 3.05) is 26.6 Å². The number of ether oxygens (including phenoxy) is 3. The molecule has 0 aromatic heterocycles. The fourth-order valence-electron chi connectivity index (χ4n) is 4.50. The van der Waals surface area contributed by atoms with Crippen LogP contribution in [0.25, 0.3) is 0 Å².